The van der Waals surface area contributed by atoms with Gasteiger partial charge >= 0.3 is 6.18 Å². The van der Waals surface area contributed by atoms with Gasteiger partial charge in [0.15, 0.2) is 11.5 Å². The number of halogens is 6. The van der Waals surface area contributed by atoms with Gasteiger partial charge in [0, 0.05) is 7.05 Å². The summed E-state index contributed by atoms with van der Waals surface area (Å²) in [6, 6.07) is 9.54. The summed E-state index contributed by atoms with van der Waals surface area (Å²) in [6.45, 7) is 0. The van der Waals surface area contributed by atoms with E-state index in [0.29, 0.717) is 4.68 Å². The van der Waals surface area contributed by atoms with Crippen LogP contribution in [0.15, 0.2) is 53.2 Å². The third-order valence-electron chi connectivity index (χ3n) is 4.71. The van der Waals surface area contributed by atoms with Gasteiger partial charge in [-0.1, -0.05) is 46.6 Å². The molecule has 2 aromatic heterocycles. The highest BCUT2D eigenvalue weighted by molar-refractivity contribution is 6.33. The van der Waals surface area contributed by atoms with Crippen LogP contribution >= 0.6 is 23.2 Å². The first-order valence-electron chi connectivity index (χ1n) is 9.21. The van der Waals surface area contributed by atoms with Gasteiger partial charge in [0.05, 0.1) is 33.1 Å². The molecule has 2 aromatic carbocycles. The van der Waals surface area contributed by atoms with Gasteiger partial charge in [0.2, 0.25) is 0 Å². The standard InChI is InChI=1S/C21H12Cl2F4N4O2/c1-28-20(32)16-17(15-12(23)6-4-7-13(15)24)30-33-18(16)10-9-29-31(19(10)21(25,26)27)14-8-3-2-5-11(14)22/h2-9H,1H3,(H,28,32). The molecule has 0 saturated heterocycles. The lowest BCUT2D eigenvalue weighted by atomic mass is 10.0. The number of hydrogen-bond acceptors (Lipinski definition) is 4. The van der Waals surface area contributed by atoms with Crippen LogP contribution < -0.4 is 5.32 Å². The van der Waals surface area contributed by atoms with Crippen LogP contribution in [0.4, 0.5) is 17.6 Å². The minimum Gasteiger partial charge on any atom is -0.355 e. The van der Waals surface area contributed by atoms with E-state index in [-0.39, 0.29) is 27.0 Å². The van der Waals surface area contributed by atoms with Gasteiger partial charge < -0.3 is 9.84 Å². The van der Waals surface area contributed by atoms with E-state index < -0.39 is 40.5 Å². The van der Waals surface area contributed by atoms with E-state index in [2.05, 4.69) is 15.6 Å². The molecular formula is C21H12Cl2F4N4O2. The Morgan fingerprint density at radius 1 is 1.09 bits per heavy atom. The molecule has 4 rings (SSSR count). The van der Waals surface area contributed by atoms with E-state index in [1.54, 1.807) is 6.07 Å². The van der Waals surface area contributed by atoms with Gasteiger partial charge in [-0.25, -0.2) is 9.07 Å². The van der Waals surface area contributed by atoms with Gasteiger partial charge in [-0.15, -0.1) is 0 Å². The SMILES string of the molecule is CNC(=O)c1c(-c2c(F)cccc2Cl)noc1-c1cnn(-c2ccccc2Cl)c1C(F)(F)F. The topological polar surface area (TPSA) is 73.0 Å². The van der Waals surface area contributed by atoms with Crippen LogP contribution in [0.25, 0.3) is 28.3 Å². The highest BCUT2D eigenvalue weighted by atomic mass is 35.5. The minimum atomic E-state index is -4.94. The van der Waals surface area contributed by atoms with Crippen LogP contribution in [0.2, 0.25) is 10.0 Å². The smallest absolute Gasteiger partial charge is 0.355 e. The Morgan fingerprint density at radius 3 is 2.42 bits per heavy atom. The molecule has 0 aliphatic carbocycles. The summed E-state index contributed by atoms with van der Waals surface area (Å²) in [5, 5.41) is 9.72. The Balaban J connectivity index is 2.02. The fourth-order valence-electron chi connectivity index (χ4n) is 3.30. The Bertz CT molecular complexity index is 1340. The van der Waals surface area contributed by atoms with Crippen molar-refractivity contribution in [3.05, 3.63) is 75.8 Å². The largest absolute Gasteiger partial charge is 0.434 e. The van der Waals surface area contributed by atoms with Crippen molar-refractivity contribution < 1.29 is 26.9 Å². The molecule has 0 radical (unpaired) electrons. The number of aromatic nitrogens is 3. The quantitative estimate of drug-likeness (QED) is 0.349. The maximum absolute atomic E-state index is 14.5. The summed E-state index contributed by atoms with van der Waals surface area (Å²) in [6.07, 6.45) is -4.07. The van der Waals surface area contributed by atoms with Gasteiger partial charge in [-0.2, -0.15) is 18.3 Å². The number of alkyl halides is 3. The molecule has 170 valence electrons. The Hall–Kier alpha value is -3.37. The number of carbonyl (C=O) groups excluding carboxylic acids is 1. The summed E-state index contributed by atoms with van der Waals surface area (Å²) < 4.78 is 62.8. The molecule has 0 atom stereocenters. The predicted octanol–water partition coefficient (Wildman–Crippen LogP) is 6.02. The highest BCUT2D eigenvalue weighted by Crippen LogP contribution is 2.43. The molecule has 1 N–H and O–H groups in total. The fraction of sp³-hybridized carbons (Fsp3) is 0.0952. The highest BCUT2D eigenvalue weighted by Gasteiger charge is 2.42. The van der Waals surface area contributed by atoms with Crippen molar-refractivity contribution in [2.75, 3.05) is 7.05 Å². The summed E-state index contributed by atoms with van der Waals surface area (Å²) >= 11 is 12.2. The Morgan fingerprint density at radius 2 is 1.79 bits per heavy atom. The summed E-state index contributed by atoms with van der Waals surface area (Å²) in [5.41, 5.74) is -2.98. The molecule has 0 aliphatic heterocycles. The number of hydrogen-bond donors (Lipinski definition) is 1. The van der Waals surface area contributed by atoms with Crippen LogP contribution in [0.1, 0.15) is 16.1 Å². The maximum atomic E-state index is 14.5. The lowest BCUT2D eigenvalue weighted by Gasteiger charge is -2.13. The van der Waals surface area contributed by atoms with Crippen LogP contribution in [0.5, 0.6) is 0 Å². The molecule has 2 heterocycles. The number of amides is 1. The van der Waals surface area contributed by atoms with Gasteiger partial charge in [0.25, 0.3) is 5.91 Å². The molecule has 6 nitrogen and oxygen atoms in total. The van der Waals surface area contributed by atoms with E-state index in [1.165, 1.54) is 37.4 Å². The molecule has 33 heavy (non-hydrogen) atoms. The molecular weight excluding hydrogens is 487 g/mol. The van der Waals surface area contributed by atoms with E-state index in [4.69, 9.17) is 27.7 Å². The van der Waals surface area contributed by atoms with Crippen molar-refractivity contribution in [2.24, 2.45) is 0 Å². The summed E-state index contributed by atoms with van der Waals surface area (Å²) in [5.74, 6) is -2.26. The third-order valence-corrected chi connectivity index (χ3v) is 5.34. The number of carbonyl (C=O) groups is 1. The lowest BCUT2D eigenvalue weighted by Crippen LogP contribution is -2.20. The molecule has 0 aliphatic rings. The maximum Gasteiger partial charge on any atom is 0.434 e. The first-order chi connectivity index (χ1) is 15.6. The zero-order valence-corrected chi connectivity index (χ0v) is 18.1. The number of para-hydroxylation sites is 1. The fourth-order valence-corrected chi connectivity index (χ4v) is 3.77. The van der Waals surface area contributed by atoms with Gasteiger partial charge in [-0.3, -0.25) is 4.79 Å². The predicted molar refractivity (Wildman–Crippen MR) is 113 cm³/mol. The normalized spacial score (nSPS) is 11.6. The van der Waals surface area contributed by atoms with Crippen LogP contribution in [-0.4, -0.2) is 27.9 Å². The zero-order valence-electron chi connectivity index (χ0n) is 16.5. The summed E-state index contributed by atoms with van der Waals surface area (Å²) in [7, 11) is 1.25. The minimum absolute atomic E-state index is 0.0144. The second-order valence-corrected chi connectivity index (χ2v) is 7.49. The zero-order chi connectivity index (χ0) is 23.9. The van der Waals surface area contributed by atoms with E-state index in [0.717, 1.165) is 12.3 Å². The molecule has 0 spiro atoms. The van der Waals surface area contributed by atoms with Crippen molar-refractivity contribution in [3.8, 4) is 28.3 Å². The van der Waals surface area contributed by atoms with Crippen molar-refractivity contribution >= 4 is 29.1 Å². The Kier molecular flexibility index (Phi) is 5.89. The van der Waals surface area contributed by atoms with E-state index >= 15 is 0 Å². The van der Waals surface area contributed by atoms with Crippen molar-refractivity contribution in [3.63, 3.8) is 0 Å². The molecule has 0 fully saturated rings. The number of benzene rings is 2. The number of nitrogens with one attached hydrogen (secondary N) is 1. The monoisotopic (exact) mass is 498 g/mol. The Labute approximate surface area is 193 Å². The average Bonchev–Trinajstić information content (AvgIpc) is 3.38. The van der Waals surface area contributed by atoms with Gasteiger partial charge in [-0.05, 0) is 24.3 Å². The molecule has 12 heteroatoms. The molecule has 1 amide bonds. The second kappa shape index (κ2) is 8.53. The molecule has 0 saturated carbocycles. The molecule has 0 bridgehead atoms. The van der Waals surface area contributed by atoms with E-state index in [1.807, 2.05) is 0 Å². The van der Waals surface area contributed by atoms with Crippen LogP contribution in [0.3, 0.4) is 0 Å². The van der Waals surface area contributed by atoms with Crippen molar-refractivity contribution in [2.45, 2.75) is 6.18 Å². The second-order valence-electron chi connectivity index (χ2n) is 6.68. The average molecular weight is 499 g/mol. The number of rotatable bonds is 4. The third kappa shape index (κ3) is 3.96. The first kappa shape index (κ1) is 22.8. The van der Waals surface area contributed by atoms with Crippen LogP contribution in [-0.2, 0) is 6.18 Å². The van der Waals surface area contributed by atoms with E-state index in [9.17, 15) is 22.4 Å². The van der Waals surface area contributed by atoms with Crippen molar-refractivity contribution in [1.82, 2.24) is 20.3 Å². The molecule has 0 unspecified atom stereocenters. The van der Waals surface area contributed by atoms with Crippen molar-refractivity contribution in [1.29, 1.82) is 0 Å². The number of nitrogens with zero attached hydrogens (tertiary/aromatic N) is 3. The lowest BCUT2D eigenvalue weighted by molar-refractivity contribution is -0.142. The van der Waals surface area contributed by atoms with Crippen LogP contribution in [0, 0.1) is 5.82 Å². The summed E-state index contributed by atoms with van der Waals surface area (Å²) in [4.78, 5) is 12.7. The molecule has 4 aromatic rings. The first-order valence-corrected chi connectivity index (χ1v) is 9.97. The van der Waals surface area contributed by atoms with Gasteiger partial charge in [0.1, 0.15) is 17.1 Å².